The zero-order valence-electron chi connectivity index (χ0n) is 15.7. The minimum Gasteiger partial charge on any atom is -0.204 e. The molecule has 0 saturated heterocycles. The smallest absolute Gasteiger partial charge is 0.194 e. The van der Waals surface area contributed by atoms with Crippen molar-refractivity contribution in [1.29, 1.82) is 0 Å². The summed E-state index contributed by atoms with van der Waals surface area (Å²) in [6.45, 7) is 2.16. The zero-order valence-corrected chi connectivity index (χ0v) is 15.7. The summed E-state index contributed by atoms with van der Waals surface area (Å²) in [6, 6.07) is 2.37. The average Bonchev–Trinajstić information content (AvgIpc) is 2.67. The molecule has 0 spiro atoms. The second-order valence-electron chi connectivity index (χ2n) is 8.09. The molecule has 0 heterocycles. The van der Waals surface area contributed by atoms with E-state index in [0.29, 0.717) is 11.5 Å². The van der Waals surface area contributed by atoms with Gasteiger partial charge in [-0.05, 0) is 93.2 Å². The standard InChI is InChI=1S/C23H29F3/c1-2-3-4-5-16-6-8-17(9-7-16)18-10-12-19(13-11-18)20-14-21(24)23(26)22(25)15-20/h14-19H,2-3,6-13H2,1H3. The fourth-order valence-electron chi connectivity index (χ4n) is 4.81. The summed E-state index contributed by atoms with van der Waals surface area (Å²) in [7, 11) is 0. The Hall–Kier alpha value is -1.43. The van der Waals surface area contributed by atoms with Gasteiger partial charge in [0.1, 0.15) is 0 Å². The van der Waals surface area contributed by atoms with Gasteiger partial charge in [-0.15, -0.1) is 5.92 Å². The summed E-state index contributed by atoms with van der Waals surface area (Å²) in [5.74, 6) is 5.50. The van der Waals surface area contributed by atoms with Gasteiger partial charge in [-0.3, -0.25) is 0 Å². The molecule has 0 aromatic heterocycles. The lowest BCUT2D eigenvalue weighted by Crippen LogP contribution is -2.25. The first kappa shape index (κ1) is 19.3. The van der Waals surface area contributed by atoms with Crippen LogP contribution in [0.1, 0.15) is 82.6 Å². The second-order valence-corrected chi connectivity index (χ2v) is 8.09. The third-order valence-corrected chi connectivity index (χ3v) is 6.37. The van der Waals surface area contributed by atoms with Crippen molar-refractivity contribution in [2.45, 2.75) is 77.0 Å². The quantitative estimate of drug-likeness (QED) is 0.401. The fourth-order valence-corrected chi connectivity index (χ4v) is 4.81. The molecule has 2 fully saturated rings. The largest absolute Gasteiger partial charge is 0.204 e. The van der Waals surface area contributed by atoms with Crippen molar-refractivity contribution in [2.75, 3.05) is 0 Å². The van der Waals surface area contributed by atoms with Gasteiger partial charge in [0.15, 0.2) is 17.5 Å². The third-order valence-electron chi connectivity index (χ3n) is 6.37. The molecule has 2 aliphatic rings. The first-order valence-electron chi connectivity index (χ1n) is 10.2. The van der Waals surface area contributed by atoms with Crippen LogP contribution in [-0.2, 0) is 0 Å². The van der Waals surface area contributed by atoms with E-state index in [1.54, 1.807) is 0 Å². The molecule has 0 N–H and O–H groups in total. The molecule has 3 heteroatoms. The lowest BCUT2D eigenvalue weighted by atomic mass is 9.68. The van der Waals surface area contributed by atoms with Crippen LogP contribution in [0.15, 0.2) is 12.1 Å². The molecule has 26 heavy (non-hydrogen) atoms. The zero-order chi connectivity index (χ0) is 18.5. The molecule has 1 aromatic rings. The molecule has 1 aromatic carbocycles. The summed E-state index contributed by atoms with van der Waals surface area (Å²) in [6.07, 6.45) is 11.2. The van der Waals surface area contributed by atoms with E-state index in [4.69, 9.17) is 0 Å². The van der Waals surface area contributed by atoms with Crippen LogP contribution < -0.4 is 0 Å². The van der Waals surface area contributed by atoms with Gasteiger partial charge < -0.3 is 0 Å². The monoisotopic (exact) mass is 362 g/mol. The Morgan fingerprint density at radius 2 is 1.38 bits per heavy atom. The summed E-state index contributed by atoms with van der Waals surface area (Å²) < 4.78 is 40.1. The Bertz CT molecular complexity index is 631. The molecule has 0 unspecified atom stereocenters. The summed E-state index contributed by atoms with van der Waals surface area (Å²) in [5.41, 5.74) is 0.620. The first-order valence-corrected chi connectivity index (χ1v) is 10.2. The highest BCUT2D eigenvalue weighted by Gasteiger charge is 2.31. The summed E-state index contributed by atoms with van der Waals surface area (Å²) in [5, 5.41) is 0. The molecule has 0 nitrogen and oxygen atoms in total. The number of rotatable bonds is 3. The molecule has 2 saturated carbocycles. The molecule has 3 rings (SSSR count). The van der Waals surface area contributed by atoms with E-state index in [2.05, 4.69) is 18.8 Å². The number of benzene rings is 1. The van der Waals surface area contributed by atoms with Gasteiger partial charge in [0.2, 0.25) is 0 Å². The first-order chi connectivity index (χ1) is 12.6. The SMILES string of the molecule is CCCC#CC1CCC(C2CCC(c3cc(F)c(F)c(F)c3)CC2)CC1. The molecule has 2 aliphatic carbocycles. The predicted molar refractivity (Wildman–Crippen MR) is 99.1 cm³/mol. The van der Waals surface area contributed by atoms with E-state index >= 15 is 0 Å². The van der Waals surface area contributed by atoms with Crippen molar-refractivity contribution < 1.29 is 13.2 Å². The van der Waals surface area contributed by atoms with Crippen LogP contribution >= 0.6 is 0 Å². The molecule has 142 valence electrons. The van der Waals surface area contributed by atoms with E-state index in [0.717, 1.165) is 50.4 Å². The van der Waals surface area contributed by atoms with Gasteiger partial charge in [0, 0.05) is 12.3 Å². The average molecular weight is 362 g/mol. The molecule has 0 aliphatic heterocycles. The van der Waals surface area contributed by atoms with Crippen molar-refractivity contribution in [2.24, 2.45) is 17.8 Å². The van der Waals surface area contributed by atoms with Crippen LogP contribution in [0.2, 0.25) is 0 Å². The highest BCUT2D eigenvalue weighted by Crippen LogP contribution is 2.44. The van der Waals surface area contributed by atoms with E-state index in [1.165, 1.54) is 37.8 Å². The van der Waals surface area contributed by atoms with Crippen molar-refractivity contribution in [1.82, 2.24) is 0 Å². The van der Waals surface area contributed by atoms with Gasteiger partial charge in [-0.25, -0.2) is 13.2 Å². The molecular weight excluding hydrogens is 333 g/mol. The maximum atomic E-state index is 13.5. The van der Waals surface area contributed by atoms with Crippen LogP contribution in [0.4, 0.5) is 13.2 Å². The Kier molecular flexibility index (Phi) is 6.68. The highest BCUT2D eigenvalue weighted by atomic mass is 19.2. The Morgan fingerprint density at radius 3 is 1.92 bits per heavy atom. The number of halogens is 3. The second kappa shape index (κ2) is 8.98. The number of hydrogen-bond donors (Lipinski definition) is 0. The lowest BCUT2D eigenvalue weighted by Gasteiger charge is -2.37. The maximum Gasteiger partial charge on any atom is 0.194 e. The topological polar surface area (TPSA) is 0 Å². The van der Waals surface area contributed by atoms with Crippen LogP contribution in [0.25, 0.3) is 0 Å². The van der Waals surface area contributed by atoms with Gasteiger partial charge in [-0.1, -0.05) is 12.8 Å². The summed E-state index contributed by atoms with van der Waals surface area (Å²) in [4.78, 5) is 0. The minimum absolute atomic E-state index is 0.159. The van der Waals surface area contributed by atoms with E-state index in [1.807, 2.05) is 0 Å². The molecule has 0 amide bonds. The van der Waals surface area contributed by atoms with Crippen LogP contribution in [0.3, 0.4) is 0 Å². The van der Waals surface area contributed by atoms with Crippen LogP contribution in [0.5, 0.6) is 0 Å². The number of unbranched alkanes of at least 4 members (excludes halogenated alkanes) is 1. The van der Waals surface area contributed by atoms with Crippen LogP contribution in [-0.4, -0.2) is 0 Å². The summed E-state index contributed by atoms with van der Waals surface area (Å²) >= 11 is 0. The molecular formula is C23H29F3. The lowest BCUT2D eigenvalue weighted by molar-refractivity contribution is 0.173. The normalized spacial score (nSPS) is 29.1. The van der Waals surface area contributed by atoms with E-state index in [-0.39, 0.29) is 5.92 Å². The molecule has 0 atom stereocenters. The van der Waals surface area contributed by atoms with Crippen molar-refractivity contribution in [3.63, 3.8) is 0 Å². The Morgan fingerprint density at radius 1 is 0.846 bits per heavy atom. The fraction of sp³-hybridized carbons (Fsp3) is 0.652. The van der Waals surface area contributed by atoms with Crippen molar-refractivity contribution in [3.8, 4) is 11.8 Å². The van der Waals surface area contributed by atoms with Crippen LogP contribution in [0, 0.1) is 47.0 Å². The van der Waals surface area contributed by atoms with Gasteiger partial charge in [0.05, 0.1) is 0 Å². The Balaban J connectivity index is 1.50. The molecule has 0 radical (unpaired) electrons. The van der Waals surface area contributed by atoms with E-state index in [9.17, 15) is 13.2 Å². The predicted octanol–water partition coefficient (Wildman–Crippen LogP) is 6.99. The van der Waals surface area contributed by atoms with Gasteiger partial charge in [0.25, 0.3) is 0 Å². The van der Waals surface area contributed by atoms with Gasteiger partial charge >= 0.3 is 0 Å². The van der Waals surface area contributed by atoms with Gasteiger partial charge in [-0.2, -0.15) is 0 Å². The van der Waals surface area contributed by atoms with Crippen molar-refractivity contribution >= 4 is 0 Å². The van der Waals surface area contributed by atoms with Crippen molar-refractivity contribution in [3.05, 3.63) is 35.1 Å². The highest BCUT2D eigenvalue weighted by molar-refractivity contribution is 5.23. The molecule has 0 bridgehead atoms. The third kappa shape index (κ3) is 4.64. The maximum absolute atomic E-state index is 13.5. The Labute approximate surface area is 155 Å². The van der Waals surface area contributed by atoms with E-state index < -0.39 is 17.5 Å². The number of hydrogen-bond acceptors (Lipinski definition) is 0. The minimum atomic E-state index is -1.36.